The van der Waals surface area contributed by atoms with Crippen LogP contribution < -0.4 is 0 Å². The van der Waals surface area contributed by atoms with Gasteiger partial charge in [0.25, 0.3) is 5.69 Å². The van der Waals surface area contributed by atoms with E-state index in [9.17, 15) is 10.1 Å². The number of hydrogen-bond donors (Lipinski definition) is 0. The van der Waals surface area contributed by atoms with Gasteiger partial charge in [0.2, 0.25) is 0 Å². The highest BCUT2D eigenvalue weighted by atomic mass is 16.6. The molecule has 7 heteroatoms. The molecule has 1 aromatic carbocycles. The predicted octanol–water partition coefficient (Wildman–Crippen LogP) is 2.21. The van der Waals surface area contributed by atoms with Crippen molar-refractivity contribution in [2.24, 2.45) is 0 Å². The summed E-state index contributed by atoms with van der Waals surface area (Å²) in [6.07, 6.45) is 0. The number of nitro benzene ring substituents is 1. The summed E-state index contributed by atoms with van der Waals surface area (Å²) >= 11 is 0. The van der Waals surface area contributed by atoms with Gasteiger partial charge >= 0.3 is 0 Å². The molecule has 0 aliphatic carbocycles. The number of aryl methyl sites for hydroxylation is 1. The van der Waals surface area contributed by atoms with Gasteiger partial charge in [-0.05, 0) is 19.1 Å². The van der Waals surface area contributed by atoms with Gasteiger partial charge in [-0.15, -0.1) is 5.10 Å². The van der Waals surface area contributed by atoms with Gasteiger partial charge in [0.15, 0.2) is 11.5 Å². The van der Waals surface area contributed by atoms with Crippen LogP contribution in [-0.2, 0) is 0 Å². The Labute approximate surface area is 101 Å². The van der Waals surface area contributed by atoms with Crippen molar-refractivity contribution >= 4 is 11.3 Å². The van der Waals surface area contributed by atoms with Crippen LogP contribution in [0.5, 0.6) is 0 Å². The van der Waals surface area contributed by atoms with Crippen molar-refractivity contribution in [1.82, 2.24) is 14.8 Å². The zero-order chi connectivity index (χ0) is 12.7. The number of rotatable bonds is 2. The van der Waals surface area contributed by atoms with Crippen LogP contribution in [0.25, 0.3) is 17.0 Å². The standard InChI is InChI=1S/C11H8N4O3/c1-7-6-10-12-11(13-14(10)18-7)8-2-4-9(5-3-8)15(16)17/h2-6H,1H3. The molecule has 0 radical (unpaired) electrons. The van der Waals surface area contributed by atoms with Crippen LogP contribution in [0, 0.1) is 17.0 Å². The highest BCUT2D eigenvalue weighted by Crippen LogP contribution is 2.20. The molecule has 2 aromatic heterocycles. The van der Waals surface area contributed by atoms with Gasteiger partial charge in [-0.1, -0.05) is 4.69 Å². The van der Waals surface area contributed by atoms with E-state index in [2.05, 4.69) is 10.1 Å². The summed E-state index contributed by atoms with van der Waals surface area (Å²) in [5, 5.41) is 14.7. The van der Waals surface area contributed by atoms with Crippen LogP contribution in [0.2, 0.25) is 0 Å². The molecule has 3 rings (SSSR count). The smallest absolute Gasteiger partial charge is 0.269 e. The molecule has 7 nitrogen and oxygen atoms in total. The summed E-state index contributed by atoms with van der Waals surface area (Å²) in [4.78, 5) is 14.4. The number of benzene rings is 1. The minimum Gasteiger partial charge on any atom is -0.361 e. The summed E-state index contributed by atoms with van der Waals surface area (Å²) < 4.78 is 6.59. The molecule has 0 N–H and O–H groups in total. The van der Waals surface area contributed by atoms with Crippen molar-refractivity contribution in [2.75, 3.05) is 0 Å². The summed E-state index contributed by atoms with van der Waals surface area (Å²) in [5.74, 6) is 1.20. The van der Waals surface area contributed by atoms with Gasteiger partial charge in [0.1, 0.15) is 5.76 Å². The highest BCUT2D eigenvalue weighted by molar-refractivity contribution is 5.59. The molecule has 18 heavy (non-hydrogen) atoms. The predicted molar refractivity (Wildman–Crippen MR) is 62.1 cm³/mol. The maximum Gasteiger partial charge on any atom is 0.269 e. The first-order valence-electron chi connectivity index (χ1n) is 5.22. The van der Waals surface area contributed by atoms with E-state index < -0.39 is 4.92 Å². The van der Waals surface area contributed by atoms with Gasteiger partial charge < -0.3 is 4.52 Å². The Hall–Kier alpha value is -2.70. The summed E-state index contributed by atoms with van der Waals surface area (Å²) in [6.45, 7) is 1.81. The molecule has 3 aromatic rings. The lowest BCUT2D eigenvalue weighted by atomic mass is 10.2. The Morgan fingerprint density at radius 3 is 2.67 bits per heavy atom. The Bertz CT molecular complexity index is 695. The molecule has 0 bridgehead atoms. The molecule has 0 saturated heterocycles. The fourth-order valence-electron chi connectivity index (χ4n) is 1.66. The third kappa shape index (κ3) is 1.61. The molecule has 0 saturated carbocycles. The zero-order valence-corrected chi connectivity index (χ0v) is 9.40. The van der Waals surface area contributed by atoms with Crippen molar-refractivity contribution in [2.45, 2.75) is 6.92 Å². The van der Waals surface area contributed by atoms with E-state index in [0.717, 1.165) is 5.76 Å². The number of aromatic nitrogens is 3. The van der Waals surface area contributed by atoms with Gasteiger partial charge in [-0.25, -0.2) is 4.98 Å². The summed E-state index contributed by atoms with van der Waals surface area (Å²) in [5.41, 5.74) is 1.36. The second-order valence-corrected chi connectivity index (χ2v) is 3.82. The molecule has 2 heterocycles. The van der Waals surface area contributed by atoms with Crippen LogP contribution in [0.3, 0.4) is 0 Å². The van der Waals surface area contributed by atoms with E-state index >= 15 is 0 Å². The third-order valence-corrected chi connectivity index (χ3v) is 2.50. The number of fused-ring (bicyclic) bond motifs is 1. The molecule has 0 aliphatic rings. The van der Waals surface area contributed by atoms with E-state index in [1.807, 2.05) is 6.92 Å². The molecular weight excluding hydrogens is 236 g/mol. The lowest BCUT2D eigenvalue weighted by Crippen LogP contribution is -1.88. The van der Waals surface area contributed by atoms with E-state index in [4.69, 9.17) is 4.52 Å². The van der Waals surface area contributed by atoms with E-state index in [1.165, 1.54) is 16.8 Å². The van der Waals surface area contributed by atoms with Crippen molar-refractivity contribution in [3.8, 4) is 11.4 Å². The quantitative estimate of drug-likeness (QED) is 0.509. The molecule has 0 aliphatic heterocycles. The first-order chi connectivity index (χ1) is 8.63. The fraction of sp³-hybridized carbons (Fsp3) is 0.0909. The summed E-state index contributed by atoms with van der Waals surface area (Å²) in [6, 6.07) is 7.83. The van der Waals surface area contributed by atoms with Crippen LogP contribution in [0.4, 0.5) is 5.69 Å². The Morgan fingerprint density at radius 1 is 1.33 bits per heavy atom. The number of hydrogen-bond acceptors (Lipinski definition) is 5. The largest absolute Gasteiger partial charge is 0.361 e. The van der Waals surface area contributed by atoms with Crippen molar-refractivity contribution in [3.63, 3.8) is 0 Å². The van der Waals surface area contributed by atoms with Crippen LogP contribution in [0.1, 0.15) is 5.76 Å². The number of nitrogens with zero attached hydrogens (tertiary/aromatic N) is 4. The van der Waals surface area contributed by atoms with Crippen LogP contribution >= 0.6 is 0 Å². The van der Waals surface area contributed by atoms with Crippen molar-refractivity contribution in [1.29, 1.82) is 0 Å². The maximum atomic E-state index is 10.5. The average molecular weight is 244 g/mol. The van der Waals surface area contributed by atoms with E-state index in [0.29, 0.717) is 17.0 Å². The second-order valence-electron chi connectivity index (χ2n) is 3.82. The Morgan fingerprint density at radius 2 is 2.06 bits per heavy atom. The first-order valence-corrected chi connectivity index (χ1v) is 5.22. The average Bonchev–Trinajstić information content (AvgIpc) is 2.86. The van der Waals surface area contributed by atoms with Gasteiger partial charge in [0, 0.05) is 23.8 Å². The second kappa shape index (κ2) is 3.66. The third-order valence-electron chi connectivity index (χ3n) is 2.50. The van der Waals surface area contributed by atoms with E-state index in [-0.39, 0.29) is 5.69 Å². The zero-order valence-electron chi connectivity index (χ0n) is 9.40. The first kappa shape index (κ1) is 10.5. The van der Waals surface area contributed by atoms with Gasteiger partial charge in [-0.3, -0.25) is 10.1 Å². The van der Waals surface area contributed by atoms with Gasteiger partial charge in [-0.2, -0.15) is 0 Å². The van der Waals surface area contributed by atoms with Crippen LogP contribution in [-0.4, -0.2) is 19.7 Å². The Balaban J connectivity index is 2.02. The lowest BCUT2D eigenvalue weighted by Gasteiger charge is -1.94. The fourth-order valence-corrected chi connectivity index (χ4v) is 1.66. The minimum absolute atomic E-state index is 0.0393. The monoisotopic (exact) mass is 244 g/mol. The molecule has 0 unspecified atom stereocenters. The highest BCUT2D eigenvalue weighted by Gasteiger charge is 2.11. The topological polar surface area (TPSA) is 86.5 Å². The SMILES string of the molecule is Cc1cc2nc(-c3ccc([N+](=O)[O-])cc3)nn2o1. The van der Waals surface area contributed by atoms with Crippen molar-refractivity contribution in [3.05, 3.63) is 46.2 Å². The molecular formula is C11H8N4O3. The molecule has 0 atom stereocenters. The number of nitro groups is 1. The summed E-state index contributed by atoms with van der Waals surface area (Å²) in [7, 11) is 0. The van der Waals surface area contributed by atoms with Crippen LogP contribution in [0.15, 0.2) is 34.9 Å². The molecule has 0 spiro atoms. The molecule has 0 fully saturated rings. The molecule has 90 valence electrons. The van der Waals surface area contributed by atoms with E-state index in [1.54, 1.807) is 18.2 Å². The maximum absolute atomic E-state index is 10.5. The van der Waals surface area contributed by atoms with Gasteiger partial charge in [0.05, 0.1) is 4.92 Å². The Kier molecular flexibility index (Phi) is 2.12. The lowest BCUT2D eigenvalue weighted by molar-refractivity contribution is -0.384. The number of non-ortho nitro benzene ring substituents is 1. The van der Waals surface area contributed by atoms with Crippen molar-refractivity contribution < 1.29 is 9.45 Å². The normalized spacial score (nSPS) is 10.9. The minimum atomic E-state index is -0.445. The molecule has 0 amide bonds.